The van der Waals surface area contributed by atoms with Crippen molar-refractivity contribution in [2.45, 2.75) is 44.7 Å². The zero-order valence-corrected chi connectivity index (χ0v) is 16.7. The number of H-pyrrole nitrogens is 1. The molecule has 0 radical (unpaired) electrons. The predicted octanol–water partition coefficient (Wildman–Crippen LogP) is 4.21. The minimum atomic E-state index is -0.0758. The van der Waals surface area contributed by atoms with Crippen LogP contribution in [-0.4, -0.2) is 27.5 Å². The third kappa shape index (κ3) is 4.03. The maximum atomic E-state index is 12.3. The fourth-order valence-electron chi connectivity index (χ4n) is 5.01. The lowest BCUT2D eigenvalue weighted by Crippen LogP contribution is -2.31. The Hall–Kier alpha value is -2.72. The van der Waals surface area contributed by atoms with E-state index in [0.717, 1.165) is 42.6 Å². The Morgan fingerprint density at radius 3 is 2.62 bits per heavy atom. The van der Waals surface area contributed by atoms with Gasteiger partial charge in [0.25, 0.3) is 5.56 Å². The maximum Gasteiger partial charge on any atom is 0.251 e. The fraction of sp³-hybridized carbons (Fsp3) is 0.360. The number of aryl methyl sites for hydroxylation is 2. The summed E-state index contributed by atoms with van der Waals surface area (Å²) in [6.07, 6.45) is 5.72. The third-order valence-corrected chi connectivity index (χ3v) is 6.48. The molecule has 2 aromatic carbocycles. The number of hydrogen-bond acceptors (Lipinski definition) is 3. The van der Waals surface area contributed by atoms with E-state index in [4.69, 9.17) is 4.98 Å². The molecule has 2 aliphatic rings. The number of aromatic amines is 1. The van der Waals surface area contributed by atoms with Gasteiger partial charge in [0.15, 0.2) is 0 Å². The first-order chi connectivity index (χ1) is 14.2. The van der Waals surface area contributed by atoms with Gasteiger partial charge in [-0.1, -0.05) is 54.6 Å². The van der Waals surface area contributed by atoms with E-state index < -0.39 is 0 Å². The molecule has 148 valence electrons. The van der Waals surface area contributed by atoms with Crippen LogP contribution in [-0.2, 0) is 19.4 Å². The van der Waals surface area contributed by atoms with Crippen LogP contribution >= 0.6 is 0 Å². The van der Waals surface area contributed by atoms with E-state index >= 15 is 0 Å². The summed E-state index contributed by atoms with van der Waals surface area (Å²) >= 11 is 0. The zero-order valence-electron chi connectivity index (χ0n) is 16.7. The van der Waals surface area contributed by atoms with E-state index in [2.05, 4.69) is 40.2 Å². The van der Waals surface area contributed by atoms with Gasteiger partial charge in [-0.05, 0) is 49.1 Å². The van der Waals surface area contributed by atoms with Crippen molar-refractivity contribution in [3.8, 4) is 11.4 Å². The molecule has 0 unspecified atom stereocenters. The molecule has 1 aliphatic heterocycles. The Bertz CT molecular complexity index is 1040. The lowest BCUT2D eigenvalue weighted by atomic mass is 10.0. The number of benzene rings is 2. The van der Waals surface area contributed by atoms with Gasteiger partial charge in [0, 0.05) is 36.5 Å². The Balaban J connectivity index is 1.39. The molecular weight excluding hydrogens is 358 g/mol. The standard InChI is InChI=1S/C25H27N3O/c29-24-15-21(12-10-18-6-2-1-3-7-18)26-25(27-24)23-9-5-4-8-20(23)17-28-16-19-11-13-22(28)14-19/h1-9,15,19,22H,10-14,16-17H2,(H,26,27,29)/t19-,22-/m0/s1. The van der Waals surface area contributed by atoms with Crippen LogP contribution in [0.15, 0.2) is 65.5 Å². The van der Waals surface area contributed by atoms with Gasteiger partial charge in [-0.15, -0.1) is 0 Å². The van der Waals surface area contributed by atoms with E-state index in [0.29, 0.717) is 5.82 Å². The molecule has 1 saturated carbocycles. The van der Waals surface area contributed by atoms with E-state index in [1.54, 1.807) is 6.07 Å². The summed E-state index contributed by atoms with van der Waals surface area (Å²) in [6.45, 7) is 2.15. The second-order valence-corrected chi connectivity index (χ2v) is 8.49. The highest BCUT2D eigenvalue weighted by Crippen LogP contribution is 2.38. The van der Waals surface area contributed by atoms with Crippen molar-refractivity contribution >= 4 is 0 Å². The van der Waals surface area contributed by atoms with Crippen molar-refractivity contribution in [2.24, 2.45) is 5.92 Å². The van der Waals surface area contributed by atoms with Gasteiger partial charge in [0.1, 0.15) is 5.82 Å². The number of likely N-dealkylation sites (tertiary alicyclic amines) is 1. The van der Waals surface area contributed by atoms with Crippen molar-refractivity contribution in [1.29, 1.82) is 0 Å². The first-order valence-corrected chi connectivity index (χ1v) is 10.7. The summed E-state index contributed by atoms with van der Waals surface area (Å²) in [6, 6.07) is 21.1. The maximum absolute atomic E-state index is 12.3. The molecule has 1 aromatic heterocycles. The predicted molar refractivity (Wildman–Crippen MR) is 116 cm³/mol. The molecule has 1 saturated heterocycles. The van der Waals surface area contributed by atoms with Crippen LogP contribution in [0.5, 0.6) is 0 Å². The number of fused-ring (bicyclic) bond motifs is 2. The number of hydrogen-bond donors (Lipinski definition) is 1. The van der Waals surface area contributed by atoms with Crippen LogP contribution in [0.3, 0.4) is 0 Å². The SMILES string of the molecule is O=c1cc(CCc2ccccc2)nc(-c2ccccc2CN2C[C@H]3CC[C@H]2C3)[nH]1. The fourth-order valence-corrected chi connectivity index (χ4v) is 5.01. The summed E-state index contributed by atoms with van der Waals surface area (Å²) in [5.74, 6) is 1.58. The summed E-state index contributed by atoms with van der Waals surface area (Å²) in [5, 5.41) is 0. The van der Waals surface area contributed by atoms with Gasteiger partial charge in [-0.2, -0.15) is 0 Å². The highest BCUT2D eigenvalue weighted by molar-refractivity contribution is 5.60. The van der Waals surface area contributed by atoms with E-state index in [1.165, 1.54) is 36.9 Å². The highest BCUT2D eigenvalue weighted by Gasteiger charge is 2.37. The van der Waals surface area contributed by atoms with Crippen LogP contribution in [0.1, 0.15) is 36.1 Å². The molecule has 0 amide bonds. The minimum Gasteiger partial charge on any atom is -0.307 e. The normalized spacial score (nSPS) is 21.0. The van der Waals surface area contributed by atoms with Gasteiger partial charge in [-0.3, -0.25) is 9.69 Å². The van der Waals surface area contributed by atoms with Gasteiger partial charge < -0.3 is 4.98 Å². The summed E-state index contributed by atoms with van der Waals surface area (Å²) in [5.41, 5.74) is 4.34. The minimum absolute atomic E-state index is 0.0758. The van der Waals surface area contributed by atoms with E-state index in [1.807, 2.05) is 24.3 Å². The largest absolute Gasteiger partial charge is 0.307 e. The molecule has 1 aliphatic carbocycles. The second kappa shape index (κ2) is 7.96. The number of aromatic nitrogens is 2. The van der Waals surface area contributed by atoms with Crippen molar-refractivity contribution in [3.63, 3.8) is 0 Å². The highest BCUT2D eigenvalue weighted by atomic mass is 16.1. The lowest BCUT2D eigenvalue weighted by molar-refractivity contribution is 0.205. The van der Waals surface area contributed by atoms with Crippen molar-refractivity contribution in [1.82, 2.24) is 14.9 Å². The summed E-state index contributed by atoms with van der Waals surface area (Å²) in [7, 11) is 0. The molecule has 1 N–H and O–H groups in total. The Labute approximate surface area is 171 Å². The second-order valence-electron chi connectivity index (χ2n) is 8.49. The molecule has 3 aromatic rings. The summed E-state index contributed by atoms with van der Waals surface area (Å²) < 4.78 is 0. The average Bonchev–Trinajstić information content (AvgIpc) is 3.36. The number of nitrogens with one attached hydrogen (secondary N) is 1. The summed E-state index contributed by atoms with van der Waals surface area (Å²) in [4.78, 5) is 22.8. The quantitative estimate of drug-likeness (QED) is 0.692. The van der Waals surface area contributed by atoms with Crippen LogP contribution in [0, 0.1) is 5.92 Å². The third-order valence-electron chi connectivity index (χ3n) is 6.48. The molecular formula is C25H27N3O. The van der Waals surface area contributed by atoms with Crippen molar-refractivity contribution < 1.29 is 0 Å². The van der Waals surface area contributed by atoms with Crippen LogP contribution < -0.4 is 5.56 Å². The van der Waals surface area contributed by atoms with Gasteiger partial charge in [0.05, 0.1) is 0 Å². The first-order valence-electron chi connectivity index (χ1n) is 10.7. The molecule has 4 nitrogen and oxygen atoms in total. The van der Waals surface area contributed by atoms with Crippen LogP contribution in [0.25, 0.3) is 11.4 Å². The first kappa shape index (κ1) is 18.3. The number of rotatable bonds is 6. The lowest BCUT2D eigenvalue weighted by Gasteiger charge is -2.27. The van der Waals surface area contributed by atoms with Gasteiger partial charge in [-0.25, -0.2) is 4.98 Å². The number of piperidine rings is 1. The van der Waals surface area contributed by atoms with Crippen molar-refractivity contribution in [2.75, 3.05) is 6.54 Å². The molecule has 2 fully saturated rings. The molecule has 2 heterocycles. The molecule has 2 bridgehead atoms. The van der Waals surface area contributed by atoms with E-state index in [9.17, 15) is 4.79 Å². The topological polar surface area (TPSA) is 49.0 Å². The Morgan fingerprint density at radius 2 is 1.83 bits per heavy atom. The molecule has 29 heavy (non-hydrogen) atoms. The van der Waals surface area contributed by atoms with E-state index in [-0.39, 0.29) is 5.56 Å². The number of nitrogens with zero attached hydrogens (tertiary/aromatic N) is 2. The molecule has 0 spiro atoms. The Kier molecular flexibility index (Phi) is 5.03. The molecule has 5 rings (SSSR count). The van der Waals surface area contributed by atoms with Crippen molar-refractivity contribution in [3.05, 3.63) is 87.8 Å². The van der Waals surface area contributed by atoms with Crippen LogP contribution in [0.4, 0.5) is 0 Å². The van der Waals surface area contributed by atoms with Crippen LogP contribution in [0.2, 0.25) is 0 Å². The zero-order chi connectivity index (χ0) is 19.6. The molecule has 2 atom stereocenters. The Morgan fingerprint density at radius 1 is 1.00 bits per heavy atom. The smallest absolute Gasteiger partial charge is 0.251 e. The average molecular weight is 386 g/mol. The molecule has 4 heteroatoms. The monoisotopic (exact) mass is 385 g/mol. The van der Waals surface area contributed by atoms with Gasteiger partial charge >= 0.3 is 0 Å². The van der Waals surface area contributed by atoms with Gasteiger partial charge in [0.2, 0.25) is 0 Å².